The molecule has 0 aliphatic rings. The molecule has 0 aliphatic carbocycles. The highest BCUT2D eigenvalue weighted by Crippen LogP contribution is 2.29. The third-order valence-electron chi connectivity index (χ3n) is 3.04. The van der Waals surface area contributed by atoms with E-state index in [1.807, 2.05) is 6.07 Å². The van der Waals surface area contributed by atoms with E-state index in [4.69, 9.17) is 15.4 Å². The molecule has 0 bridgehead atoms. The number of halogens is 1. The maximum Gasteiger partial charge on any atom is 0.264 e. The molecule has 114 valence electrons. The molecule has 0 saturated heterocycles. The van der Waals surface area contributed by atoms with Crippen LogP contribution in [0.5, 0.6) is 5.75 Å². The minimum absolute atomic E-state index is 0.0801. The quantitative estimate of drug-likeness (QED) is 0.527. The first-order valence-electron chi connectivity index (χ1n) is 7.05. The van der Waals surface area contributed by atoms with Crippen molar-refractivity contribution in [3.8, 4) is 5.75 Å². The molecule has 0 aliphatic heterocycles. The van der Waals surface area contributed by atoms with Crippen molar-refractivity contribution in [1.29, 1.82) is 0 Å². The Bertz CT molecular complexity index is 524. The highest BCUT2D eigenvalue weighted by molar-refractivity contribution is 8.13. The average molecular weight is 319 g/mol. The summed E-state index contributed by atoms with van der Waals surface area (Å²) in [5.41, 5.74) is 0.973. The molecule has 1 aromatic carbocycles. The van der Waals surface area contributed by atoms with E-state index >= 15 is 0 Å². The lowest BCUT2D eigenvalue weighted by Crippen LogP contribution is -2.03. The molecule has 1 aromatic rings. The van der Waals surface area contributed by atoms with E-state index in [1.165, 1.54) is 0 Å². The first-order valence-corrected chi connectivity index (χ1v) is 9.36. The van der Waals surface area contributed by atoms with Crippen LogP contribution in [0.25, 0.3) is 0 Å². The van der Waals surface area contributed by atoms with Gasteiger partial charge in [-0.2, -0.15) is 0 Å². The van der Waals surface area contributed by atoms with Gasteiger partial charge in [0.25, 0.3) is 9.05 Å². The van der Waals surface area contributed by atoms with E-state index in [-0.39, 0.29) is 4.90 Å². The summed E-state index contributed by atoms with van der Waals surface area (Å²) in [5.74, 6) is 0.924. The summed E-state index contributed by atoms with van der Waals surface area (Å²) in [5, 5.41) is 0. The standard InChI is InChI=1S/C15H23ClO3S/c1-4-5-10-19-14-9-8-13(7-6-12(2)3)11-15(14)20(16,17)18/h8-9,11-12H,4-7,10H2,1-3H3. The summed E-state index contributed by atoms with van der Waals surface area (Å²) in [7, 11) is 1.72. The lowest BCUT2D eigenvalue weighted by atomic mass is 10.0. The summed E-state index contributed by atoms with van der Waals surface area (Å²) in [6.07, 6.45) is 3.73. The largest absolute Gasteiger partial charge is 0.492 e. The SMILES string of the molecule is CCCCOc1ccc(CCC(C)C)cc1S(=O)(=O)Cl. The normalized spacial score (nSPS) is 11.8. The lowest BCUT2D eigenvalue weighted by Gasteiger charge is -2.11. The minimum atomic E-state index is -3.78. The topological polar surface area (TPSA) is 43.4 Å². The molecular formula is C15H23ClO3S. The predicted molar refractivity (Wildman–Crippen MR) is 83.0 cm³/mol. The van der Waals surface area contributed by atoms with Gasteiger partial charge in [-0.15, -0.1) is 0 Å². The molecule has 1 rings (SSSR count). The summed E-state index contributed by atoms with van der Waals surface area (Å²) >= 11 is 0. The van der Waals surface area contributed by atoms with Gasteiger partial charge in [0.1, 0.15) is 10.6 Å². The molecule has 0 N–H and O–H groups in total. The van der Waals surface area contributed by atoms with Crippen LogP contribution in [0, 0.1) is 5.92 Å². The van der Waals surface area contributed by atoms with Crippen molar-refractivity contribution in [2.75, 3.05) is 6.61 Å². The second-order valence-corrected chi connectivity index (χ2v) is 7.89. The predicted octanol–water partition coefficient (Wildman–Crippen LogP) is 4.38. The zero-order valence-corrected chi connectivity index (χ0v) is 13.9. The van der Waals surface area contributed by atoms with E-state index in [0.717, 1.165) is 31.2 Å². The van der Waals surface area contributed by atoms with Crippen molar-refractivity contribution in [2.24, 2.45) is 5.92 Å². The van der Waals surface area contributed by atoms with Gasteiger partial charge >= 0.3 is 0 Å². The van der Waals surface area contributed by atoms with Crippen molar-refractivity contribution in [1.82, 2.24) is 0 Å². The Labute approximate surface area is 126 Å². The zero-order chi connectivity index (χ0) is 15.2. The fraction of sp³-hybridized carbons (Fsp3) is 0.600. The van der Waals surface area contributed by atoms with Gasteiger partial charge in [0.05, 0.1) is 6.61 Å². The van der Waals surface area contributed by atoms with Crippen LogP contribution in [0.2, 0.25) is 0 Å². The highest BCUT2D eigenvalue weighted by Gasteiger charge is 2.17. The van der Waals surface area contributed by atoms with Gasteiger partial charge in [0.2, 0.25) is 0 Å². The molecular weight excluding hydrogens is 296 g/mol. The van der Waals surface area contributed by atoms with E-state index < -0.39 is 9.05 Å². The Hall–Kier alpha value is -0.740. The number of unbranched alkanes of at least 4 members (excludes halogenated alkanes) is 1. The summed E-state index contributed by atoms with van der Waals surface area (Å²) in [6.45, 7) is 6.84. The van der Waals surface area contributed by atoms with Gasteiger partial charge < -0.3 is 4.74 Å². The molecule has 0 radical (unpaired) electrons. The van der Waals surface area contributed by atoms with E-state index in [0.29, 0.717) is 18.3 Å². The number of aryl methyl sites for hydroxylation is 1. The van der Waals surface area contributed by atoms with Gasteiger partial charge in [-0.25, -0.2) is 8.42 Å². The average Bonchev–Trinajstić information content (AvgIpc) is 2.36. The Balaban J connectivity index is 2.95. The molecule has 20 heavy (non-hydrogen) atoms. The second kappa shape index (κ2) is 7.89. The van der Waals surface area contributed by atoms with Crippen molar-refractivity contribution >= 4 is 19.7 Å². The number of ether oxygens (including phenoxy) is 1. The van der Waals surface area contributed by atoms with E-state index in [9.17, 15) is 8.42 Å². The second-order valence-electron chi connectivity index (χ2n) is 5.35. The van der Waals surface area contributed by atoms with Crippen LogP contribution >= 0.6 is 10.7 Å². The van der Waals surface area contributed by atoms with Gasteiger partial charge in [0, 0.05) is 10.7 Å². The van der Waals surface area contributed by atoms with Gasteiger partial charge in [-0.1, -0.05) is 33.3 Å². The van der Waals surface area contributed by atoms with Crippen LogP contribution in [-0.2, 0) is 15.5 Å². The number of rotatable bonds is 8. The monoisotopic (exact) mass is 318 g/mol. The van der Waals surface area contributed by atoms with E-state index in [1.54, 1.807) is 12.1 Å². The van der Waals surface area contributed by atoms with Crippen LogP contribution in [0.1, 0.15) is 45.6 Å². The van der Waals surface area contributed by atoms with Gasteiger partial charge in [-0.05, 0) is 42.9 Å². The Kier molecular flexibility index (Phi) is 6.83. The fourth-order valence-electron chi connectivity index (χ4n) is 1.80. The van der Waals surface area contributed by atoms with E-state index in [2.05, 4.69) is 20.8 Å². The molecule has 5 heteroatoms. The maximum absolute atomic E-state index is 11.7. The first-order chi connectivity index (χ1) is 9.34. The molecule has 0 unspecified atom stereocenters. The summed E-state index contributed by atoms with van der Waals surface area (Å²) in [4.78, 5) is 0.0801. The van der Waals surface area contributed by atoms with Crippen LogP contribution < -0.4 is 4.74 Å². The number of hydrogen-bond donors (Lipinski definition) is 0. The number of hydrogen-bond acceptors (Lipinski definition) is 3. The molecule has 0 amide bonds. The van der Waals surface area contributed by atoms with Crippen LogP contribution in [0.15, 0.2) is 23.1 Å². The third-order valence-corrected chi connectivity index (χ3v) is 4.38. The van der Waals surface area contributed by atoms with Crippen LogP contribution in [0.4, 0.5) is 0 Å². The van der Waals surface area contributed by atoms with Crippen molar-refractivity contribution in [2.45, 2.75) is 51.3 Å². The van der Waals surface area contributed by atoms with Gasteiger partial charge in [0.15, 0.2) is 0 Å². The van der Waals surface area contributed by atoms with Crippen molar-refractivity contribution in [3.05, 3.63) is 23.8 Å². The lowest BCUT2D eigenvalue weighted by molar-refractivity contribution is 0.301. The zero-order valence-electron chi connectivity index (χ0n) is 12.4. The number of benzene rings is 1. The van der Waals surface area contributed by atoms with Crippen LogP contribution in [0.3, 0.4) is 0 Å². The Morgan fingerprint density at radius 1 is 1.30 bits per heavy atom. The summed E-state index contributed by atoms with van der Waals surface area (Å²) < 4.78 is 28.8. The third kappa shape index (κ3) is 5.71. The smallest absolute Gasteiger partial charge is 0.264 e. The highest BCUT2D eigenvalue weighted by atomic mass is 35.7. The molecule has 0 spiro atoms. The summed E-state index contributed by atoms with van der Waals surface area (Å²) in [6, 6.07) is 5.25. The molecule has 0 heterocycles. The maximum atomic E-state index is 11.7. The molecule has 0 saturated carbocycles. The van der Waals surface area contributed by atoms with Crippen molar-refractivity contribution in [3.63, 3.8) is 0 Å². The molecule has 0 aromatic heterocycles. The van der Waals surface area contributed by atoms with Crippen molar-refractivity contribution < 1.29 is 13.2 Å². The minimum Gasteiger partial charge on any atom is -0.492 e. The molecule has 3 nitrogen and oxygen atoms in total. The Morgan fingerprint density at radius 3 is 2.55 bits per heavy atom. The molecule has 0 fully saturated rings. The first kappa shape index (κ1) is 17.3. The fourth-order valence-corrected chi connectivity index (χ4v) is 2.82. The van der Waals surface area contributed by atoms with Crippen LogP contribution in [-0.4, -0.2) is 15.0 Å². The van der Waals surface area contributed by atoms with Gasteiger partial charge in [-0.3, -0.25) is 0 Å². The molecule has 0 atom stereocenters. The Morgan fingerprint density at radius 2 is 2.00 bits per heavy atom.